The van der Waals surface area contributed by atoms with Crippen molar-refractivity contribution in [2.24, 2.45) is 0 Å². The number of aromatic nitrogens is 2. The lowest BCUT2D eigenvalue weighted by molar-refractivity contribution is -0.131. The normalized spacial score (nSPS) is 11.4. The standard InChI is InChI=1S/C17H13F2N3O2/c18-11-2-1-10(14(19)7-11)9-22-16-8-12(20)3-4-13(16)15(21-22)5-6-17(23)24/h1-8H,9,20H2,(H,23,24). The van der Waals surface area contributed by atoms with Gasteiger partial charge in [-0.15, -0.1) is 0 Å². The number of benzene rings is 2. The molecule has 0 fully saturated rings. The van der Waals surface area contributed by atoms with Crippen molar-refractivity contribution in [3.05, 3.63) is 65.4 Å². The van der Waals surface area contributed by atoms with Crippen molar-refractivity contribution in [3.63, 3.8) is 0 Å². The highest BCUT2D eigenvalue weighted by molar-refractivity contribution is 5.93. The molecule has 3 rings (SSSR count). The van der Waals surface area contributed by atoms with Gasteiger partial charge in [-0.05, 0) is 30.3 Å². The number of aliphatic carboxylic acids is 1. The third kappa shape index (κ3) is 3.10. The van der Waals surface area contributed by atoms with E-state index in [-0.39, 0.29) is 12.1 Å². The number of hydrogen-bond donors (Lipinski definition) is 2. The van der Waals surface area contributed by atoms with E-state index >= 15 is 0 Å². The molecule has 0 atom stereocenters. The molecule has 3 aromatic rings. The van der Waals surface area contributed by atoms with E-state index in [1.54, 1.807) is 18.2 Å². The Morgan fingerprint density at radius 3 is 2.75 bits per heavy atom. The predicted octanol–water partition coefficient (Wildman–Crippen LogP) is 3.04. The van der Waals surface area contributed by atoms with Crippen molar-refractivity contribution in [2.45, 2.75) is 6.54 Å². The number of carbonyl (C=O) groups is 1. The summed E-state index contributed by atoms with van der Waals surface area (Å²) in [6.07, 6.45) is 2.33. The van der Waals surface area contributed by atoms with E-state index in [0.717, 1.165) is 12.1 Å². The fraction of sp³-hybridized carbons (Fsp3) is 0.0588. The molecule has 3 N–H and O–H groups in total. The number of carboxylic acids is 1. The van der Waals surface area contributed by atoms with Crippen LogP contribution >= 0.6 is 0 Å². The first-order valence-corrected chi connectivity index (χ1v) is 7.05. The first kappa shape index (κ1) is 15.7. The third-order valence-corrected chi connectivity index (χ3v) is 3.52. The molecule has 0 unspecified atom stereocenters. The molecular formula is C17H13F2N3O2. The van der Waals surface area contributed by atoms with Crippen molar-refractivity contribution in [3.8, 4) is 0 Å². The summed E-state index contributed by atoms with van der Waals surface area (Å²) in [4.78, 5) is 10.7. The smallest absolute Gasteiger partial charge is 0.328 e. The number of carboxylic acid groups (broad SMARTS) is 1. The first-order chi connectivity index (χ1) is 11.4. The van der Waals surface area contributed by atoms with E-state index < -0.39 is 17.6 Å². The van der Waals surface area contributed by atoms with Crippen LogP contribution < -0.4 is 5.73 Å². The van der Waals surface area contributed by atoms with Crippen molar-refractivity contribution >= 4 is 28.6 Å². The molecule has 0 aliphatic rings. The average molecular weight is 329 g/mol. The molecule has 2 aromatic carbocycles. The van der Waals surface area contributed by atoms with Gasteiger partial charge in [-0.3, -0.25) is 4.68 Å². The van der Waals surface area contributed by atoms with E-state index in [4.69, 9.17) is 10.8 Å². The van der Waals surface area contributed by atoms with Crippen LogP contribution in [0.3, 0.4) is 0 Å². The summed E-state index contributed by atoms with van der Waals surface area (Å²) in [7, 11) is 0. The topological polar surface area (TPSA) is 81.1 Å². The Morgan fingerprint density at radius 2 is 2.04 bits per heavy atom. The molecule has 0 saturated carbocycles. The highest BCUT2D eigenvalue weighted by atomic mass is 19.1. The van der Waals surface area contributed by atoms with Crippen molar-refractivity contribution < 1.29 is 18.7 Å². The maximum atomic E-state index is 13.9. The Morgan fingerprint density at radius 1 is 1.25 bits per heavy atom. The zero-order valence-corrected chi connectivity index (χ0v) is 12.4. The minimum Gasteiger partial charge on any atom is -0.478 e. The van der Waals surface area contributed by atoms with Gasteiger partial charge in [-0.25, -0.2) is 13.6 Å². The van der Waals surface area contributed by atoms with Gasteiger partial charge in [0.15, 0.2) is 0 Å². The van der Waals surface area contributed by atoms with Gasteiger partial charge < -0.3 is 10.8 Å². The average Bonchev–Trinajstić information content (AvgIpc) is 2.85. The Hall–Kier alpha value is -3.22. The molecule has 0 aliphatic carbocycles. The Kier molecular flexibility index (Phi) is 3.99. The van der Waals surface area contributed by atoms with Gasteiger partial charge in [0.1, 0.15) is 11.6 Å². The summed E-state index contributed by atoms with van der Waals surface area (Å²) < 4.78 is 28.4. The van der Waals surface area contributed by atoms with Gasteiger partial charge in [0.25, 0.3) is 0 Å². The second kappa shape index (κ2) is 6.11. The number of hydrogen-bond acceptors (Lipinski definition) is 3. The Labute approximate surface area is 135 Å². The quantitative estimate of drug-likeness (QED) is 0.569. The molecule has 1 heterocycles. The number of nitrogens with two attached hydrogens (primary N) is 1. The fourth-order valence-electron chi connectivity index (χ4n) is 2.42. The molecule has 5 nitrogen and oxygen atoms in total. The lowest BCUT2D eigenvalue weighted by Gasteiger charge is -2.06. The van der Waals surface area contributed by atoms with Crippen LogP contribution in [0.2, 0.25) is 0 Å². The van der Waals surface area contributed by atoms with Gasteiger partial charge >= 0.3 is 5.97 Å². The van der Waals surface area contributed by atoms with E-state index in [1.807, 2.05) is 0 Å². The number of fused-ring (bicyclic) bond motifs is 1. The number of nitrogens with zero attached hydrogens (tertiary/aromatic N) is 2. The highest BCUT2D eigenvalue weighted by Crippen LogP contribution is 2.24. The third-order valence-electron chi connectivity index (χ3n) is 3.52. The summed E-state index contributed by atoms with van der Waals surface area (Å²) in [5, 5.41) is 13.8. The van der Waals surface area contributed by atoms with Gasteiger partial charge in [0.05, 0.1) is 17.8 Å². The summed E-state index contributed by atoms with van der Waals surface area (Å²) in [6, 6.07) is 8.38. The second-order valence-corrected chi connectivity index (χ2v) is 5.23. The molecule has 7 heteroatoms. The van der Waals surface area contributed by atoms with Crippen molar-refractivity contribution in [1.29, 1.82) is 0 Å². The first-order valence-electron chi connectivity index (χ1n) is 7.05. The van der Waals surface area contributed by atoms with Crippen LogP contribution in [0.1, 0.15) is 11.3 Å². The van der Waals surface area contributed by atoms with Crippen molar-refractivity contribution in [1.82, 2.24) is 9.78 Å². The molecule has 1 aromatic heterocycles. The van der Waals surface area contributed by atoms with E-state index in [9.17, 15) is 13.6 Å². The highest BCUT2D eigenvalue weighted by Gasteiger charge is 2.12. The van der Waals surface area contributed by atoms with Crippen LogP contribution in [-0.4, -0.2) is 20.9 Å². The molecular weight excluding hydrogens is 316 g/mol. The van der Waals surface area contributed by atoms with Crippen LogP contribution in [0.15, 0.2) is 42.5 Å². The predicted molar refractivity (Wildman–Crippen MR) is 86.3 cm³/mol. The maximum absolute atomic E-state index is 13.9. The van der Waals surface area contributed by atoms with Gasteiger partial charge in [-0.1, -0.05) is 6.07 Å². The van der Waals surface area contributed by atoms with Crippen LogP contribution in [-0.2, 0) is 11.3 Å². The van der Waals surface area contributed by atoms with Crippen LogP contribution in [0.25, 0.3) is 17.0 Å². The van der Waals surface area contributed by atoms with Crippen molar-refractivity contribution in [2.75, 3.05) is 5.73 Å². The molecule has 0 radical (unpaired) electrons. The number of anilines is 1. The maximum Gasteiger partial charge on any atom is 0.328 e. The molecule has 0 amide bonds. The Bertz CT molecular complexity index is 964. The summed E-state index contributed by atoms with van der Waals surface area (Å²) in [6.45, 7) is 0.0625. The van der Waals surface area contributed by atoms with Crippen LogP contribution in [0, 0.1) is 11.6 Å². The molecule has 122 valence electrons. The van der Waals surface area contributed by atoms with Crippen LogP contribution in [0.5, 0.6) is 0 Å². The van der Waals surface area contributed by atoms with E-state index in [2.05, 4.69) is 5.10 Å². The van der Waals surface area contributed by atoms with Crippen LogP contribution in [0.4, 0.5) is 14.5 Å². The summed E-state index contributed by atoms with van der Waals surface area (Å²) in [5.41, 5.74) is 7.60. The molecule has 24 heavy (non-hydrogen) atoms. The Balaban J connectivity index is 2.09. The lowest BCUT2D eigenvalue weighted by Crippen LogP contribution is -2.04. The van der Waals surface area contributed by atoms with Gasteiger partial charge in [-0.2, -0.15) is 5.10 Å². The number of nitrogen functional groups attached to an aromatic ring is 1. The fourth-order valence-corrected chi connectivity index (χ4v) is 2.42. The molecule has 0 spiro atoms. The lowest BCUT2D eigenvalue weighted by atomic mass is 10.1. The molecule has 0 bridgehead atoms. The minimum atomic E-state index is -1.10. The second-order valence-electron chi connectivity index (χ2n) is 5.23. The van der Waals surface area contributed by atoms with Gasteiger partial charge in [0, 0.05) is 28.8 Å². The monoisotopic (exact) mass is 329 g/mol. The zero-order chi connectivity index (χ0) is 17.3. The van der Waals surface area contributed by atoms with E-state index in [0.29, 0.717) is 22.3 Å². The SMILES string of the molecule is Nc1ccc2c(C=CC(=O)O)nn(Cc3ccc(F)cc3F)c2c1. The number of rotatable bonds is 4. The molecule has 0 saturated heterocycles. The zero-order valence-electron chi connectivity index (χ0n) is 12.4. The molecule has 0 aliphatic heterocycles. The summed E-state index contributed by atoms with van der Waals surface area (Å²) >= 11 is 0. The van der Waals surface area contributed by atoms with Gasteiger partial charge in [0.2, 0.25) is 0 Å². The number of halogens is 2. The summed E-state index contributed by atoms with van der Waals surface area (Å²) in [5.74, 6) is -2.43. The van der Waals surface area contributed by atoms with E-state index in [1.165, 1.54) is 22.9 Å². The largest absolute Gasteiger partial charge is 0.478 e. The minimum absolute atomic E-state index is 0.0625.